The van der Waals surface area contributed by atoms with Gasteiger partial charge in [-0.25, -0.2) is 4.98 Å². The van der Waals surface area contributed by atoms with Crippen LogP contribution in [0.15, 0.2) is 12.1 Å². The maximum atomic E-state index is 4.67. The maximum Gasteiger partial charge on any atom is 0.129 e. The first-order valence-corrected chi connectivity index (χ1v) is 7.16. The molecule has 0 amide bonds. The summed E-state index contributed by atoms with van der Waals surface area (Å²) >= 11 is 0. The first-order valence-electron chi connectivity index (χ1n) is 7.16. The number of hydrogen-bond donors (Lipinski definition) is 1. The lowest BCUT2D eigenvalue weighted by Gasteiger charge is -2.36. The molecule has 0 fully saturated rings. The van der Waals surface area contributed by atoms with Crippen molar-refractivity contribution in [3.63, 3.8) is 0 Å². The zero-order chi connectivity index (χ0) is 14.6. The van der Waals surface area contributed by atoms with E-state index in [0.29, 0.717) is 6.04 Å². The molecule has 3 heteroatoms. The van der Waals surface area contributed by atoms with Gasteiger partial charge in [0, 0.05) is 25.3 Å². The van der Waals surface area contributed by atoms with Crippen LogP contribution >= 0.6 is 0 Å². The van der Waals surface area contributed by atoms with Crippen molar-refractivity contribution in [2.75, 3.05) is 18.5 Å². The molecule has 0 radical (unpaired) electrons. The minimum atomic E-state index is 0.238. The molecular weight excluding hydrogens is 234 g/mol. The third kappa shape index (κ3) is 4.50. The van der Waals surface area contributed by atoms with Gasteiger partial charge in [-0.1, -0.05) is 27.7 Å². The van der Waals surface area contributed by atoms with Crippen LogP contribution in [0.25, 0.3) is 0 Å². The Bertz CT molecular complexity index is 407. The molecule has 0 aliphatic carbocycles. The van der Waals surface area contributed by atoms with Crippen molar-refractivity contribution in [3.8, 4) is 0 Å². The fourth-order valence-corrected chi connectivity index (χ4v) is 2.05. The largest absolute Gasteiger partial charge is 0.356 e. The van der Waals surface area contributed by atoms with E-state index in [2.05, 4.69) is 75.9 Å². The second-order valence-corrected chi connectivity index (χ2v) is 6.41. The SMILES string of the molecule is CCNCc1cc(C)nc(N(C)C(C)C(C)(C)C)c1. The van der Waals surface area contributed by atoms with Crippen molar-refractivity contribution in [1.82, 2.24) is 10.3 Å². The number of nitrogens with one attached hydrogen (secondary N) is 1. The summed E-state index contributed by atoms with van der Waals surface area (Å²) in [5.74, 6) is 1.07. The third-order valence-electron chi connectivity index (χ3n) is 3.77. The summed E-state index contributed by atoms with van der Waals surface area (Å²) in [7, 11) is 2.13. The van der Waals surface area contributed by atoms with Crippen LogP contribution in [0.3, 0.4) is 0 Å². The van der Waals surface area contributed by atoms with Gasteiger partial charge in [-0.3, -0.25) is 0 Å². The Morgan fingerprint density at radius 3 is 2.47 bits per heavy atom. The minimum absolute atomic E-state index is 0.238. The van der Waals surface area contributed by atoms with Gasteiger partial charge in [0.05, 0.1) is 0 Å². The van der Waals surface area contributed by atoms with E-state index >= 15 is 0 Å². The summed E-state index contributed by atoms with van der Waals surface area (Å²) in [6, 6.07) is 4.79. The quantitative estimate of drug-likeness (QED) is 0.883. The first kappa shape index (κ1) is 16.0. The topological polar surface area (TPSA) is 28.2 Å². The summed E-state index contributed by atoms with van der Waals surface area (Å²) in [6.45, 7) is 15.2. The Hall–Kier alpha value is -1.09. The molecule has 1 heterocycles. The van der Waals surface area contributed by atoms with Crippen molar-refractivity contribution in [2.24, 2.45) is 5.41 Å². The Labute approximate surface area is 118 Å². The van der Waals surface area contributed by atoms with Crippen molar-refractivity contribution in [2.45, 2.75) is 54.1 Å². The van der Waals surface area contributed by atoms with Crippen molar-refractivity contribution < 1.29 is 0 Å². The predicted molar refractivity (Wildman–Crippen MR) is 83.7 cm³/mol. The first-order chi connectivity index (χ1) is 8.75. The Kier molecular flexibility index (Phi) is 5.36. The van der Waals surface area contributed by atoms with Gasteiger partial charge in [-0.2, -0.15) is 0 Å². The van der Waals surface area contributed by atoms with E-state index in [9.17, 15) is 0 Å². The average Bonchev–Trinajstić information content (AvgIpc) is 2.32. The molecule has 1 unspecified atom stereocenters. The standard InChI is InChI=1S/C16H29N3/c1-8-17-11-14-9-12(2)18-15(10-14)19(7)13(3)16(4,5)6/h9-10,13,17H,8,11H2,1-7H3. The van der Waals surface area contributed by atoms with Gasteiger partial charge in [0.25, 0.3) is 0 Å². The molecular formula is C16H29N3. The van der Waals surface area contributed by atoms with Gasteiger partial charge in [-0.15, -0.1) is 0 Å². The van der Waals surface area contributed by atoms with E-state index in [0.717, 1.165) is 24.6 Å². The summed E-state index contributed by atoms with van der Waals surface area (Å²) in [6.07, 6.45) is 0. The molecule has 0 saturated heterocycles. The van der Waals surface area contributed by atoms with Gasteiger partial charge >= 0.3 is 0 Å². The lowest BCUT2D eigenvalue weighted by atomic mass is 9.87. The number of aryl methyl sites for hydroxylation is 1. The molecule has 1 aromatic rings. The molecule has 1 N–H and O–H groups in total. The van der Waals surface area contributed by atoms with Gasteiger partial charge in [-0.05, 0) is 43.5 Å². The molecule has 0 aromatic carbocycles. The normalized spacial score (nSPS) is 13.4. The Balaban J connectivity index is 2.96. The average molecular weight is 263 g/mol. The number of rotatable bonds is 5. The molecule has 0 saturated carbocycles. The Morgan fingerprint density at radius 1 is 1.32 bits per heavy atom. The summed E-state index contributed by atoms with van der Waals surface area (Å²) in [4.78, 5) is 6.95. The van der Waals surface area contributed by atoms with E-state index in [4.69, 9.17) is 0 Å². The zero-order valence-electron chi connectivity index (χ0n) is 13.5. The third-order valence-corrected chi connectivity index (χ3v) is 3.77. The van der Waals surface area contributed by atoms with Gasteiger partial charge in [0.1, 0.15) is 5.82 Å². The van der Waals surface area contributed by atoms with E-state index in [1.807, 2.05) is 0 Å². The molecule has 19 heavy (non-hydrogen) atoms. The molecule has 0 bridgehead atoms. The number of nitrogens with zero attached hydrogens (tertiary/aromatic N) is 2. The van der Waals surface area contributed by atoms with Crippen LogP contribution < -0.4 is 10.2 Å². The smallest absolute Gasteiger partial charge is 0.129 e. The number of anilines is 1. The van der Waals surface area contributed by atoms with Crippen LogP contribution in [0.2, 0.25) is 0 Å². The van der Waals surface area contributed by atoms with E-state index < -0.39 is 0 Å². The second-order valence-electron chi connectivity index (χ2n) is 6.41. The highest BCUT2D eigenvalue weighted by Crippen LogP contribution is 2.26. The fraction of sp³-hybridized carbons (Fsp3) is 0.688. The highest BCUT2D eigenvalue weighted by atomic mass is 15.2. The van der Waals surface area contributed by atoms with Crippen molar-refractivity contribution in [3.05, 3.63) is 23.4 Å². The zero-order valence-corrected chi connectivity index (χ0v) is 13.5. The lowest BCUT2D eigenvalue weighted by molar-refractivity contribution is 0.328. The monoisotopic (exact) mass is 263 g/mol. The molecule has 3 nitrogen and oxygen atoms in total. The van der Waals surface area contributed by atoms with Gasteiger partial charge in [0.2, 0.25) is 0 Å². The number of hydrogen-bond acceptors (Lipinski definition) is 3. The van der Waals surface area contributed by atoms with Gasteiger partial charge in [0.15, 0.2) is 0 Å². The van der Waals surface area contributed by atoms with Crippen molar-refractivity contribution >= 4 is 5.82 Å². The van der Waals surface area contributed by atoms with E-state index in [1.165, 1.54) is 5.56 Å². The van der Waals surface area contributed by atoms with Crippen LogP contribution in [0.4, 0.5) is 5.82 Å². The molecule has 1 rings (SSSR count). The molecule has 0 aliphatic heterocycles. The molecule has 0 aliphatic rings. The molecule has 1 atom stereocenters. The van der Waals surface area contributed by atoms with Crippen LogP contribution in [0.5, 0.6) is 0 Å². The number of aromatic nitrogens is 1. The molecule has 108 valence electrons. The highest BCUT2D eigenvalue weighted by molar-refractivity contribution is 5.43. The van der Waals surface area contributed by atoms with Gasteiger partial charge < -0.3 is 10.2 Å². The fourth-order valence-electron chi connectivity index (χ4n) is 2.05. The van der Waals surface area contributed by atoms with E-state index in [-0.39, 0.29) is 5.41 Å². The van der Waals surface area contributed by atoms with Crippen LogP contribution in [0.1, 0.15) is 45.9 Å². The number of pyridine rings is 1. The summed E-state index contributed by atoms with van der Waals surface area (Å²) in [5.41, 5.74) is 2.62. The highest BCUT2D eigenvalue weighted by Gasteiger charge is 2.24. The lowest BCUT2D eigenvalue weighted by Crippen LogP contribution is -2.40. The van der Waals surface area contributed by atoms with Crippen LogP contribution in [0, 0.1) is 12.3 Å². The van der Waals surface area contributed by atoms with Crippen LogP contribution in [-0.2, 0) is 6.54 Å². The summed E-state index contributed by atoms with van der Waals surface area (Å²) < 4.78 is 0. The minimum Gasteiger partial charge on any atom is -0.356 e. The molecule has 1 aromatic heterocycles. The van der Waals surface area contributed by atoms with Crippen molar-refractivity contribution in [1.29, 1.82) is 0 Å². The maximum absolute atomic E-state index is 4.67. The summed E-state index contributed by atoms with van der Waals surface area (Å²) in [5, 5.41) is 3.37. The van der Waals surface area contributed by atoms with E-state index in [1.54, 1.807) is 0 Å². The predicted octanol–water partition coefficient (Wildman–Crippen LogP) is 3.37. The Morgan fingerprint density at radius 2 is 1.95 bits per heavy atom. The van der Waals surface area contributed by atoms with Crippen LogP contribution in [-0.4, -0.2) is 24.6 Å². The second kappa shape index (κ2) is 6.38. The molecule has 0 spiro atoms.